The molecule has 2 amide bonds. The number of non-ortho nitro benzene ring substituents is 1. The molecule has 1 aliphatic heterocycles. The number of nitrogens with zero attached hydrogens (tertiary/aromatic N) is 4. The predicted molar refractivity (Wildman–Crippen MR) is 111 cm³/mol. The molecule has 0 radical (unpaired) electrons. The summed E-state index contributed by atoms with van der Waals surface area (Å²) < 4.78 is 6.66. The molecule has 0 spiro atoms. The number of hydrogen-bond acceptors (Lipinski definition) is 6. The lowest BCUT2D eigenvalue weighted by Gasteiger charge is -2.27. The maximum Gasteiger partial charge on any atom is 0.276 e. The Morgan fingerprint density at radius 1 is 1.06 bits per heavy atom. The second-order valence-corrected chi connectivity index (χ2v) is 6.86. The van der Waals surface area contributed by atoms with Gasteiger partial charge in [-0.05, 0) is 30.3 Å². The van der Waals surface area contributed by atoms with Crippen LogP contribution in [0.3, 0.4) is 0 Å². The SMILES string of the molecule is O=C(Nc1cccc(C(=O)N2CCOCC2)c1)c1ccn(-c2cccc([N+](=O)[O-])c2)n1. The number of carbonyl (C=O) groups excluding carboxylic acids is 2. The van der Waals surface area contributed by atoms with Crippen molar-refractivity contribution in [2.45, 2.75) is 0 Å². The largest absolute Gasteiger partial charge is 0.378 e. The molecule has 1 saturated heterocycles. The normalized spacial score (nSPS) is 13.6. The first-order valence-corrected chi connectivity index (χ1v) is 9.60. The molecule has 1 aromatic heterocycles. The van der Waals surface area contributed by atoms with Crippen LogP contribution in [0.25, 0.3) is 5.69 Å². The van der Waals surface area contributed by atoms with Crippen LogP contribution in [-0.4, -0.2) is 57.7 Å². The van der Waals surface area contributed by atoms with Crippen molar-refractivity contribution < 1.29 is 19.2 Å². The van der Waals surface area contributed by atoms with E-state index in [9.17, 15) is 19.7 Å². The van der Waals surface area contributed by atoms with Crippen LogP contribution in [0, 0.1) is 10.1 Å². The fourth-order valence-electron chi connectivity index (χ4n) is 3.21. The molecule has 1 aliphatic rings. The highest BCUT2D eigenvalue weighted by Gasteiger charge is 2.19. The summed E-state index contributed by atoms with van der Waals surface area (Å²) in [7, 11) is 0. The molecule has 10 nitrogen and oxygen atoms in total. The molecule has 10 heteroatoms. The zero-order valence-corrected chi connectivity index (χ0v) is 16.4. The van der Waals surface area contributed by atoms with Crippen molar-refractivity contribution in [2.24, 2.45) is 0 Å². The third-order valence-corrected chi connectivity index (χ3v) is 4.79. The average Bonchev–Trinajstić information content (AvgIpc) is 3.30. The number of rotatable bonds is 5. The van der Waals surface area contributed by atoms with E-state index in [-0.39, 0.29) is 17.3 Å². The van der Waals surface area contributed by atoms with Gasteiger partial charge in [0.1, 0.15) is 0 Å². The van der Waals surface area contributed by atoms with Crippen molar-refractivity contribution in [3.05, 3.63) is 82.2 Å². The van der Waals surface area contributed by atoms with E-state index in [2.05, 4.69) is 10.4 Å². The van der Waals surface area contributed by atoms with Gasteiger partial charge in [-0.1, -0.05) is 12.1 Å². The molecule has 158 valence electrons. The smallest absolute Gasteiger partial charge is 0.276 e. The van der Waals surface area contributed by atoms with Crippen molar-refractivity contribution in [3.63, 3.8) is 0 Å². The molecule has 0 atom stereocenters. The Bertz CT molecular complexity index is 1140. The number of carbonyl (C=O) groups is 2. The van der Waals surface area contributed by atoms with Crippen LogP contribution in [0.4, 0.5) is 11.4 Å². The number of ether oxygens (including phenoxy) is 1. The first kappa shape index (κ1) is 20.2. The highest BCUT2D eigenvalue weighted by molar-refractivity contribution is 6.04. The summed E-state index contributed by atoms with van der Waals surface area (Å²) in [5.41, 5.74) is 1.47. The molecule has 0 aliphatic carbocycles. The van der Waals surface area contributed by atoms with Crippen LogP contribution in [0.5, 0.6) is 0 Å². The van der Waals surface area contributed by atoms with Gasteiger partial charge in [-0.15, -0.1) is 0 Å². The van der Waals surface area contributed by atoms with E-state index < -0.39 is 10.8 Å². The molecule has 31 heavy (non-hydrogen) atoms. The molecule has 0 bridgehead atoms. The number of amides is 2. The van der Waals surface area contributed by atoms with E-state index in [1.165, 1.54) is 22.9 Å². The first-order valence-electron chi connectivity index (χ1n) is 9.60. The second-order valence-electron chi connectivity index (χ2n) is 6.86. The molecule has 1 fully saturated rings. The Balaban J connectivity index is 1.47. The van der Waals surface area contributed by atoms with Crippen LogP contribution < -0.4 is 5.32 Å². The lowest BCUT2D eigenvalue weighted by atomic mass is 10.1. The van der Waals surface area contributed by atoms with Gasteiger partial charge in [-0.3, -0.25) is 19.7 Å². The Kier molecular flexibility index (Phi) is 5.72. The van der Waals surface area contributed by atoms with Gasteiger partial charge in [0.2, 0.25) is 0 Å². The van der Waals surface area contributed by atoms with E-state index >= 15 is 0 Å². The fourth-order valence-corrected chi connectivity index (χ4v) is 3.21. The van der Waals surface area contributed by atoms with Gasteiger partial charge in [-0.25, -0.2) is 4.68 Å². The highest BCUT2D eigenvalue weighted by atomic mass is 16.6. The lowest BCUT2D eigenvalue weighted by Crippen LogP contribution is -2.40. The van der Waals surface area contributed by atoms with Gasteiger partial charge in [0.25, 0.3) is 17.5 Å². The predicted octanol–water partition coefficient (Wildman–Crippen LogP) is 2.51. The molecule has 2 aromatic carbocycles. The summed E-state index contributed by atoms with van der Waals surface area (Å²) in [6.07, 6.45) is 1.55. The van der Waals surface area contributed by atoms with E-state index in [0.717, 1.165) is 0 Å². The summed E-state index contributed by atoms with van der Waals surface area (Å²) >= 11 is 0. The number of nitro groups is 1. The van der Waals surface area contributed by atoms with Crippen molar-refractivity contribution in [2.75, 3.05) is 31.6 Å². The van der Waals surface area contributed by atoms with Gasteiger partial charge in [0.05, 0.1) is 23.8 Å². The van der Waals surface area contributed by atoms with Crippen LogP contribution >= 0.6 is 0 Å². The lowest BCUT2D eigenvalue weighted by molar-refractivity contribution is -0.384. The Morgan fingerprint density at radius 3 is 2.61 bits per heavy atom. The third kappa shape index (κ3) is 4.59. The molecule has 3 aromatic rings. The zero-order chi connectivity index (χ0) is 21.8. The first-order chi connectivity index (χ1) is 15.0. The summed E-state index contributed by atoms with van der Waals surface area (Å²) in [5, 5.41) is 17.9. The van der Waals surface area contributed by atoms with Crippen LogP contribution in [-0.2, 0) is 4.74 Å². The molecule has 2 heterocycles. The van der Waals surface area contributed by atoms with Crippen molar-refractivity contribution in [1.82, 2.24) is 14.7 Å². The third-order valence-electron chi connectivity index (χ3n) is 4.79. The van der Waals surface area contributed by atoms with E-state index in [0.29, 0.717) is 43.2 Å². The molecule has 0 unspecified atom stereocenters. The Morgan fingerprint density at radius 2 is 1.84 bits per heavy atom. The summed E-state index contributed by atoms with van der Waals surface area (Å²) in [6.45, 7) is 2.08. The van der Waals surface area contributed by atoms with Crippen LogP contribution in [0.15, 0.2) is 60.8 Å². The summed E-state index contributed by atoms with van der Waals surface area (Å²) in [5.74, 6) is -0.575. The molecular formula is C21H19N5O5. The number of hydrogen-bond donors (Lipinski definition) is 1. The monoisotopic (exact) mass is 421 g/mol. The van der Waals surface area contributed by atoms with E-state index in [1.807, 2.05) is 0 Å². The highest BCUT2D eigenvalue weighted by Crippen LogP contribution is 2.18. The molecule has 0 saturated carbocycles. The standard InChI is InChI=1S/C21H19N5O5/c27-20(19-7-8-25(23-19)17-5-2-6-18(14-17)26(29)30)22-16-4-1-3-15(13-16)21(28)24-9-11-31-12-10-24/h1-8,13-14H,9-12H2,(H,22,27). The Labute approximate surface area is 177 Å². The van der Waals surface area contributed by atoms with E-state index in [1.54, 1.807) is 47.5 Å². The fraction of sp³-hybridized carbons (Fsp3) is 0.190. The molecular weight excluding hydrogens is 402 g/mol. The molecule has 4 rings (SSSR count). The minimum Gasteiger partial charge on any atom is -0.378 e. The number of morpholine rings is 1. The summed E-state index contributed by atoms with van der Waals surface area (Å²) in [4.78, 5) is 37.4. The van der Waals surface area contributed by atoms with Gasteiger partial charge in [-0.2, -0.15) is 5.10 Å². The topological polar surface area (TPSA) is 120 Å². The van der Waals surface area contributed by atoms with Crippen LogP contribution in [0.2, 0.25) is 0 Å². The minimum atomic E-state index is -0.494. The van der Waals surface area contributed by atoms with Crippen molar-refractivity contribution in [1.29, 1.82) is 0 Å². The Hall–Kier alpha value is -4.05. The maximum atomic E-state index is 12.6. The van der Waals surface area contributed by atoms with Gasteiger partial charge >= 0.3 is 0 Å². The second kappa shape index (κ2) is 8.76. The van der Waals surface area contributed by atoms with Crippen LogP contribution in [0.1, 0.15) is 20.8 Å². The number of aromatic nitrogens is 2. The van der Waals surface area contributed by atoms with Gasteiger partial charge in [0, 0.05) is 42.7 Å². The average molecular weight is 421 g/mol. The summed E-state index contributed by atoms with van der Waals surface area (Å²) in [6, 6.07) is 14.2. The maximum absolute atomic E-state index is 12.6. The number of anilines is 1. The quantitative estimate of drug-likeness (QED) is 0.499. The minimum absolute atomic E-state index is 0.0687. The number of benzene rings is 2. The van der Waals surface area contributed by atoms with Gasteiger partial charge < -0.3 is 15.0 Å². The zero-order valence-electron chi connectivity index (χ0n) is 16.4. The van der Waals surface area contributed by atoms with Crippen molar-refractivity contribution in [3.8, 4) is 5.69 Å². The van der Waals surface area contributed by atoms with E-state index in [4.69, 9.17) is 4.74 Å². The molecule has 1 N–H and O–H groups in total. The number of nitro benzene ring substituents is 1. The number of nitrogens with one attached hydrogen (secondary N) is 1. The van der Waals surface area contributed by atoms with Gasteiger partial charge in [0.15, 0.2) is 5.69 Å². The van der Waals surface area contributed by atoms with Crippen molar-refractivity contribution >= 4 is 23.2 Å².